The normalized spacial score (nSPS) is 12.7. The Morgan fingerprint density at radius 1 is 1.03 bits per heavy atom. The van der Waals surface area contributed by atoms with E-state index in [1.165, 1.54) is 35.2 Å². The van der Waals surface area contributed by atoms with Gasteiger partial charge in [-0.25, -0.2) is 4.79 Å². The van der Waals surface area contributed by atoms with Crippen LogP contribution in [0.5, 0.6) is 0 Å². The minimum absolute atomic E-state index is 0.0702. The highest BCUT2D eigenvalue weighted by molar-refractivity contribution is 6.35. The summed E-state index contributed by atoms with van der Waals surface area (Å²) in [5.41, 5.74) is 0.765. The Balaban J connectivity index is 1.64. The average Bonchev–Trinajstić information content (AvgIpc) is 2.97. The number of carbonyl (C=O) groups excluding carboxylic acids is 4. The predicted molar refractivity (Wildman–Crippen MR) is 112 cm³/mol. The molecule has 1 N–H and O–H groups in total. The van der Waals surface area contributed by atoms with Gasteiger partial charge in [0.15, 0.2) is 6.61 Å². The van der Waals surface area contributed by atoms with Crippen LogP contribution in [0.1, 0.15) is 50.8 Å². The van der Waals surface area contributed by atoms with E-state index >= 15 is 0 Å². The molecule has 3 amide bonds. The molecule has 30 heavy (non-hydrogen) atoms. The first kappa shape index (κ1) is 21.8. The summed E-state index contributed by atoms with van der Waals surface area (Å²) in [6.45, 7) is 1.73. The lowest BCUT2D eigenvalue weighted by Crippen LogP contribution is -2.30. The Bertz CT molecular complexity index is 1040. The molecule has 2 aromatic carbocycles. The number of hydrogen-bond acceptors (Lipinski definition) is 5. The molecule has 0 saturated heterocycles. The molecule has 0 fully saturated rings. The monoisotopic (exact) mass is 448 g/mol. The molecule has 0 saturated carbocycles. The molecule has 0 aliphatic carbocycles. The minimum Gasteiger partial charge on any atom is -0.452 e. The van der Waals surface area contributed by atoms with Gasteiger partial charge in [0, 0.05) is 11.6 Å². The molecule has 0 bridgehead atoms. The molecule has 0 spiro atoms. The van der Waals surface area contributed by atoms with Crippen molar-refractivity contribution in [2.75, 3.05) is 18.5 Å². The van der Waals surface area contributed by atoms with Crippen LogP contribution in [0.25, 0.3) is 0 Å². The van der Waals surface area contributed by atoms with Crippen molar-refractivity contribution in [1.82, 2.24) is 4.90 Å². The Morgan fingerprint density at radius 3 is 2.50 bits per heavy atom. The van der Waals surface area contributed by atoms with E-state index < -0.39 is 24.4 Å². The number of unbranched alkanes of at least 4 members (excludes halogenated alkanes) is 1. The molecule has 156 valence electrons. The van der Waals surface area contributed by atoms with E-state index in [1.54, 1.807) is 6.07 Å². The van der Waals surface area contributed by atoms with E-state index in [1.807, 2.05) is 6.92 Å². The highest BCUT2D eigenvalue weighted by atomic mass is 35.5. The van der Waals surface area contributed by atoms with Crippen LogP contribution in [0, 0.1) is 0 Å². The number of amides is 3. The maximum Gasteiger partial charge on any atom is 0.338 e. The van der Waals surface area contributed by atoms with Crippen molar-refractivity contribution < 1.29 is 23.9 Å². The Morgan fingerprint density at radius 2 is 1.77 bits per heavy atom. The average molecular weight is 449 g/mol. The SMILES string of the molecule is CCCCN1C(=O)c2ccc(C(=O)OCC(=O)Nc3cc(Cl)ccc3Cl)cc2C1=O. The van der Waals surface area contributed by atoms with Crippen molar-refractivity contribution in [3.05, 3.63) is 63.1 Å². The summed E-state index contributed by atoms with van der Waals surface area (Å²) in [6, 6.07) is 8.69. The van der Waals surface area contributed by atoms with Gasteiger partial charge in [-0.3, -0.25) is 19.3 Å². The first-order valence-corrected chi connectivity index (χ1v) is 9.99. The van der Waals surface area contributed by atoms with Crippen molar-refractivity contribution in [2.45, 2.75) is 19.8 Å². The van der Waals surface area contributed by atoms with Crippen LogP contribution in [0.3, 0.4) is 0 Å². The molecule has 3 rings (SSSR count). The van der Waals surface area contributed by atoms with Gasteiger partial charge in [0.25, 0.3) is 17.7 Å². The second kappa shape index (κ2) is 9.28. The van der Waals surface area contributed by atoms with E-state index in [0.717, 1.165) is 6.42 Å². The molecule has 1 aliphatic rings. The number of nitrogens with one attached hydrogen (secondary N) is 1. The largest absolute Gasteiger partial charge is 0.452 e. The molecule has 0 atom stereocenters. The molecule has 1 heterocycles. The third-order valence-corrected chi connectivity index (χ3v) is 5.04. The van der Waals surface area contributed by atoms with Gasteiger partial charge in [-0.2, -0.15) is 0 Å². The standard InChI is InChI=1S/C21H18Cl2N2O5/c1-2-3-8-25-19(27)14-6-4-12(9-15(14)20(25)28)21(29)30-11-18(26)24-17-10-13(22)5-7-16(17)23/h4-7,9-10H,2-3,8,11H2,1H3,(H,24,26). The van der Waals surface area contributed by atoms with Crippen molar-refractivity contribution in [2.24, 2.45) is 0 Å². The second-order valence-electron chi connectivity index (χ2n) is 6.62. The van der Waals surface area contributed by atoms with Gasteiger partial charge >= 0.3 is 5.97 Å². The van der Waals surface area contributed by atoms with E-state index in [-0.39, 0.29) is 27.6 Å². The molecular formula is C21H18Cl2N2O5. The second-order valence-corrected chi connectivity index (χ2v) is 7.47. The maximum atomic E-state index is 12.5. The summed E-state index contributed by atoms with van der Waals surface area (Å²) in [5.74, 6) is -2.21. The fourth-order valence-corrected chi connectivity index (χ4v) is 3.27. The zero-order valence-corrected chi connectivity index (χ0v) is 17.5. The van der Waals surface area contributed by atoms with E-state index in [9.17, 15) is 19.2 Å². The molecule has 1 aliphatic heterocycles. The summed E-state index contributed by atoms with van der Waals surface area (Å²) in [7, 11) is 0. The molecular weight excluding hydrogens is 431 g/mol. The van der Waals surface area contributed by atoms with Crippen LogP contribution in [-0.2, 0) is 9.53 Å². The number of fused-ring (bicyclic) bond motifs is 1. The molecule has 0 radical (unpaired) electrons. The Labute approximate surface area is 182 Å². The molecule has 0 unspecified atom stereocenters. The maximum absolute atomic E-state index is 12.5. The number of carbonyl (C=O) groups is 4. The number of hydrogen-bond donors (Lipinski definition) is 1. The molecule has 2 aromatic rings. The summed E-state index contributed by atoms with van der Waals surface area (Å²) >= 11 is 11.8. The number of nitrogens with zero attached hydrogens (tertiary/aromatic N) is 1. The number of anilines is 1. The van der Waals surface area contributed by atoms with Gasteiger partial charge < -0.3 is 10.1 Å². The lowest BCUT2D eigenvalue weighted by atomic mass is 10.1. The molecule has 9 heteroatoms. The van der Waals surface area contributed by atoms with Crippen LogP contribution in [0.15, 0.2) is 36.4 Å². The van der Waals surface area contributed by atoms with E-state index in [4.69, 9.17) is 27.9 Å². The smallest absolute Gasteiger partial charge is 0.338 e. The number of imide groups is 1. The van der Waals surface area contributed by atoms with Gasteiger partial charge in [0.1, 0.15) is 0 Å². The molecule has 7 nitrogen and oxygen atoms in total. The summed E-state index contributed by atoms with van der Waals surface area (Å²) in [4.78, 5) is 50.4. The van der Waals surface area contributed by atoms with Crippen molar-refractivity contribution >= 4 is 52.6 Å². The third kappa shape index (κ3) is 4.63. The minimum atomic E-state index is -0.794. The lowest BCUT2D eigenvalue weighted by Gasteiger charge is -2.12. The number of halogens is 2. The van der Waals surface area contributed by atoms with Crippen molar-refractivity contribution in [3.63, 3.8) is 0 Å². The van der Waals surface area contributed by atoms with Crippen molar-refractivity contribution in [1.29, 1.82) is 0 Å². The third-order valence-electron chi connectivity index (χ3n) is 4.48. The first-order valence-electron chi connectivity index (χ1n) is 9.24. The van der Waals surface area contributed by atoms with Crippen LogP contribution in [0.4, 0.5) is 5.69 Å². The van der Waals surface area contributed by atoms with Gasteiger partial charge in [0.2, 0.25) is 0 Å². The Hall–Kier alpha value is -2.90. The zero-order chi connectivity index (χ0) is 21.8. The number of rotatable bonds is 7. The number of benzene rings is 2. The van der Waals surface area contributed by atoms with Gasteiger partial charge in [-0.05, 0) is 42.8 Å². The van der Waals surface area contributed by atoms with E-state index in [2.05, 4.69) is 5.32 Å². The highest BCUT2D eigenvalue weighted by Gasteiger charge is 2.35. The van der Waals surface area contributed by atoms with Gasteiger partial charge in [-0.15, -0.1) is 0 Å². The van der Waals surface area contributed by atoms with Crippen molar-refractivity contribution in [3.8, 4) is 0 Å². The van der Waals surface area contributed by atoms with Gasteiger partial charge in [-0.1, -0.05) is 36.5 Å². The van der Waals surface area contributed by atoms with Gasteiger partial charge in [0.05, 0.1) is 27.4 Å². The quantitative estimate of drug-likeness (QED) is 0.506. The fourth-order valence-electron chi connectivity index (χ4n) is 2.93. The predicted octanol–water partition coefficient (Wildman–Crippen LogP) is 4.19. The van der Waals surface area contributed by atoms with Crippen LogP contribution < -0.4 is 5.32 Å². The lowest BCUT2D eigenvalue weighted by molar-refractivity contribution is -0.119. The topological polar surface area (TPSA) is 92.8 Å². The zero-order valence-electron chi connectivity index (χ0n) is 16.0. The summed E-state index contributed by atoms with van der Waals surface area (Å²) < 4.78 is 5.01. The van der Waals surface area contributed by atoms with Crippen LogP contribution >= 0.6 is 23.2 Å². The highest BCUT2D eigenvalue weighted by Crippen LogP contribution is 2.26. The number of esters is 1. The Kier molecular flexibility index (Phi) is 6.74. The first-order chi connectivity index (χ1) is 14.3. The van der Waals surface area contributed by atoms with Crippen LogP contribution in [-0.4, -0.2) is 41.7 Å². The number of ether oxygens (including phenoxy) is 1. The summed E-state index contributed by atoms with van der Waals surface area (Å²) in [5, 5.41) is 3.17. The fraction of sp³-hybridized carbons (Fsp3) is 0.238. The van der Waals surface area contributed by atoms with E-state index in [0.29, 0.717) is 23.7 Å². The summed E-state index contributed by atoms with van der Waals surface area (Å²) in [6.07, 6.45) is 1.54. The molecule has 0 aromatic heterocycles. The van der Waals surface area contributed by atoms with Crippen LogP contribution in [0.2, 0.25) is 10.0 Å².